The van der Waals surface area contributed by atoms with Crippen LogP contribution in [0.1, 0.15) is 57.4 Å². The van der Waals surface area contributed by atoms with Crippen LogP contribution in [0, 0.1) is 17.5 Å². The normalized spacial score (nSPS) is 11.0. The highest BCUT2D eigenvalue weighted by Gasteiger charge is 2.11. The van der Waals surface area contributed by atoms with Gasteiger partial charge in [0.15, 0.2) is 17.5 Å². The summed E-state index contributed by atoms with van der Waals surface area (Å²) in [6, 6.07) is 9.69. The molecule has 0 amide bonds. The molecule has 0 heterocycles. The molecule has 24 heavy (non-hydrogen) atoms. The molecule has 0 bridgehead atoms. The summed E-state index contributed by atoms with van der Waals surface area (Å²) in [5.41, 5.74) is 2.26. The van der Waals surface area contributed by atoms with Crippen LogP contribution in [-0.4, -0.2) is 0 Å². The number of hydrogen-bond acceptors (Lipinski definition) is 0. The van der Waals surface area contributed by atoms with Gasteiger partial charge in [-0.15, -0.1) is 0 Å². The molecule has 0 aliphatic heterocycles. The van der Waals surface area contributed by atoms with Crippen molar-refractivity contribution in [3.05, 3.63) is 59.4 Å². The quantitative estimate of drug-likeness (QED) is 0.340. The summed E-state index contributed by atoms with van der Waals surface area (Å²) in [5.74, 6) is -3.73. The fourth-order valence-electron chi connectivity index (χ4n) is 2.87. The Hall–Kier alpha value is -1.77. The van der Waals surface area contributed by atoms with Gasteiger partial charge in [-0.1, -0.05) is 69.7 Å². The molecular weight excluding hydrogens is 309 g/mol. The highest BCUT2D eigenvalue weighted by molar-refractivity contribution is 5.63. The minimum absolute atomic E-state index is 0.355. The Labute approximate surface area is 142 Å². The Morgan fingerprint density at radius 3 is 1.79 bits per heavy atom. The van der Waals surface area contributed by atoms with E-state index in [9.17, 15) is 13.2 Å². The molecule has 0 spiro atoms. The van der Waals surface area contributed by atoms with Gasteiger partial charge in [0.1, 0.15) is 0 Å². The van der Waals surface area contributed by atoms with Gasteiger partial charge in [0.05, 0.1) is 0 Å². The molecule has 0 aliphatic carbocycles. The minimum Gasteiger partial charge on any atom is -0.204 e. The van der Waals surface area contributed by atoms with E-state index in [0.29, 0.717) is 11.1 Å². The second-order valence-electron chi connectivity index (χ2n) is 6.32. The first-order valence-electron chi connectivity index (χ1n) is 8.85. The van der Waals surface area contributed by atoms with Crippen LogP contribution in [0.3, 0.4) is 0 Å². The lowest BCUT2D eigenvalue weighted by Gasteiger charge is -2.06. The van der Waals surface area contributed by atoms with E-state index in [-0.39, 0.29) is 0 Å². The smallest absolute Gasteiger partial charge is 0.194 e. The zero-order valence-electron chi connectivity index (χ0n) is 14.3. The van der Waals surface area contributed by atoms with Crippen molar-refractivity contribution in [2.75, 3.05) is 0 Å². The van der Waals surface area contributed by atoms with Crippen LogP contribution in [0.4, 0.5) is 13.2 Å². The molecule has 0 atom stereocenters. The van der Waals surface area contributed by atoms with Gasteiger partial charge < -0.3 is 0 Å². The summed E-state index contributed by atoms with van der Waals surface area (Å²) in [5, 5.41) is 0. The highest BCUT2D eigenvalue weighted by atomic mass is 19.2. The molecule has 2 rings (SSSR count). The summed E-state index contributed by atoms with van der Waals surface area (Å²) in [7, 11) is 0. The van der Waals surface area contributed by atoms with Crippen LogP contribution in [0.15, 0.2) is 36.4 Å². The second-order valence-corrected chi connectivity index (χ2v) is 6.32. The van der Waals surface area contributed by atoms with E-state index in [1.807, 2.05) is 24.3 Å². The monoisotopic (exact) mass is 334 g/mol. The largest absolute Gasteiger partial charge is 0.204 e. The lowest BCUT2D eigenvalue weighted by Crippen LogP contribution is -1.92. The predicted molar refractivity (Wildman–Crippen MR) is 93.4 cm³/mol. The summed E-state index contributed by atoms with van der Waals surface area (Å²) in [6.07, 6.45) is 9.93. The van der Waals surface area contributed by atoms with Crippen molar-refractivity contribution in [3.8, 4) is 11.1 Å². The third-order valence-corrected chi connectivity index (χ3v) is 4.34. The van der Waals surface area contributed by atoms with Crippen LogP contribution in [0.25, 0.3) is 11.1 Å². The van der Waals surface area contributed by atoms with Gasteiger partial charge in [0, 0.05) is 0 Å². The van der Waals surface area contributed by atoms with Crippen LogP contribution >= 0.6 is 0 Å². The molecule has 0 aromatic heterocycles. The van der Waals surface area contributed by atoms with E-state index in [4.69, 9.17) is 0 Å². The molecule has 0 saturated carbocycles. The molecule has 0 saturated heterocycles. The van der Waals surface area contributed by atoms with Crippen molar-refractivity contribution in [2.24, 2.45) is 0 Å². The van der Waals surface area contributed by atoms with Crippen LogP contribution in [0.5, 0.6) is 0 Å². The molecule has 2 aromatic rings. The fourth-order valence-corrected chi connectivity index (χ4v) is 2.87. The Bertz CT molecular complexity index is 609. The molecule has 3 heteroatoms. The van der Waals surface area contributed by atoms with Crippen molar-refractivity contribution in [3.63, 3.8) is 0 Å². The van der Waals surface area contributed by atoms with E-state index in [1.165, 1.54) is 44.1 Å². The SMILES string of the molecule is CCCCCCCCCc1ccc(-c2cc(F)c(F)c(F)c2)cc1. The predicted octanol–water partition coefficient (Wildman–Crippen LogP) is 7.06. The summed E-state index contributed by atoms with van der Waals surface area (Å²) >= 11 is 0. The van der Waals surface area contributed by atoms with E-state index in [2.05, 4.69) is 6.92 Å². The Morgan fingerprint density at radius 2 is 1.21 bits per heavy atom. The first-order valence-corrected chi connectivity index (χ1v) is 8.85. The van der Waals surface area contributed by atoms with Crippen molar-refractivity contribution in [1.82, 2.24) is 0 Å². The summed E-state index contributed by atoms with van der Waals surface area (Å²) in [4.78, 5) is 0. The molecule has 0 unspecified atom stereocenters. The average molecular weight is 334 g/mol. The number of benzene rings is 2. The summed E-state index contributed by atoms with van der Waals surface area (Å²) in [6.45, 7) is 2.22. The van der Waals surface area contributed by atoms with Gasteiger partial charge in [0.25, 0.3) is 0 Å². The first kappa shape index (κ1) is 18.6. The second kappa shape index (κ2) is 9.51. The van der Waals surface area contributed by atoms with Gasteiger partial charge in [0.2, 0.25) is 0 Å². The molecule has 2 aromatic carbocycles. The third kappa shape index (κ3) is 5.40. The standard InChI is InChI=1S/C21H25F3/c1-2-3-4-5-6-7-8-9-16-10-12-17(13-11-16)18-14-19(22)21(24)20(23)15-18/h10-15H,2-9H2,1H3. The molecule has 0 N–H and O–H groups in total. The highest BCUT2D eigenvalue weighted by Crippen LogP contribution is 2.24. The maximum absolute atomic E-state index is 13.3. The molecule has 0 aliphatic rings. The zero-order chi connectivity index (χ0) is 17.4. The van der Waals surface area contributed by atoms with Crippen molar-refractivity contribution < 1.29 is 13.2 Å². The van der Waals surface area contributed by atoms with Gasteiger partial charge in [-0.05, 0) is 41.7 Å². The molecule has 0 nitrogen and oxygen atoms in total. The third-order valence-electron chi connectivity index (χ3n) is 4.34. The Kier molecular flexibility index (Phi) is 7.36. The lowest BCUT2D eigenvalue weighted by molar-refractivity contribution is 0.448. The maximum Gasteiger partial charge on any atom is 0.194 e. The van der Waals surface area contributed by atoms with Gasteiger partial charge in [-0.3, -0.25) is 0 Å². The lowest BCUT2D eigenvalue weighted by atomic mass is 10.0. The van der Waals surface area contributed by atoms with E-state index in [1.54, 1.807) is 0 Å². The molecular formula is C21H25F3. The van der Waals surface area contributed by atoms with Gasteiger partial charge in [-0.25, -0.2) is 13.2 Å². The Balaban J connectivity index is 1.85. The maximum atomic E-state index is 13.3. The van der Waals surface area contributed by atoms with E-state index >= 15 is 0 Å². The van der Waals surface area contributed by atoms with E-state index in [0.717, 1.165) is 25.0 Å². The number of halogens is 3. The van der Waals surface area contributed by atoms with Crippen molar-refractivity contribution in [2.45, 2.75) is 58.3 Å². The zero-order valence-corrected chi connectivity index (χ0v) is 14.3. The van der Waals surface area contributed by atoms with Crippen LogP contribution < -0.4 is 0 Å². The van der Waals surface area contributed by atoms with Gasteiger partial charge in [-0.2, -0.15) is 0 Å². The topological polar surface area (TPSA) is 0 Å². The molecule has 0 radical (unpaired) electrons. The van der Waals surface area contributed by atoms with Crippen molar-refractivity contribution in [1.29, 1.82) is 0 Å². The minimum atomic E-state index is -1.42. The molecule has 0 fully saturated rings. The molecule has 130 valence electrons. The number of hydrogen-bond donors (Lipinski definition) is 0. The number of aryl methyl sites for hydroxylation is 1. The first-order chi connectivity index (χ1) is 11.6. The van der Waals surface area contributed by atoms with Crippen LogP contribution in [0.2, 0.25) is 0 Å². The van der Waals surface area contributed by atoms with E-state index < -0.39 is 17.5 Å². The number of rotatable bonds is 9. The fraction of sp³-hybridized carbons (Fsp3) is 0.429. The van der Waals surface area contributed by atoms with Crippen molar-refractivity contribution >= 4 is 0 Å². The van der Waals surface area contributed by atoms with Crippen LogP contribution in [-0.2, 0) is 6.42 Å². The van der Waals surface area contributed by atoms with Gasteiger partial charge >= 0.3 is 0 Å². The Morgan fingerprint density at radius 1 is 0.667 bits per heavy atom. The number of unbranched alkanes of at least 4 members (excludes halogenated alkanes) is 6. The summed E-state index contributed by atoms with van der Waals surface area (Å²) < 4.78 is 39.6. The average Bonchev–Trinajstić information content (AvgIpc) is 2.59.